The van der Waals surface area contributed by atoms with Gasteiger partial charge in [-0.1, -0.05) is 11.6 Å². The Hall–Kier alpha value is -4.56. The zero-order valence-electron chi connectivity index (χ0n) is 24.9. The third kappa shape index (κ3) is 5.14. The quantitative estimate of drug-likeness (QED) is 0.239. The van der Waals surface area contributed by atoms with Gasteiger partial charge < -0.3 is 30.4 Å². The molecule has 0 radical (unpaired) electrons. The van der Waals surface area contributed by atoms with Crippen molar-refractivity contribution in [2.45, 2.75) is 43.0 Å². The molecule has 1 fully saturated rings. The van der Waals surface area contributed by atoms with E-state index in [0.29, 0.717) is 16.7 Å². The maximum Gasteiger partial charge on any atom is 0.424 e. The number of benzene rings is 2. The Balaban J connectivity index is 1.41. The van der Waals surface area contributed by atoms with E-state index in [1.807, 2.05) is 0 Å². The minimum absolute atomic E-state index is 0.00518. The zero-order chi connectivity index (χ0) is 33.2. The number of fused-ring (bicyclic) bond motifs is 2. The molecule has 2 atom stereocenters. The molecule has 15 heteroatoms. The highest BCUT2D eigenvalue weighted by atomic mass is 35.5. The van der Waals surface area contributed by atoms with Crippen molar-refractivity contribution < 1.29 is 42.1 Å². The summed E-state index contributed by atoms with van der Waals surface area (Å²) in [6, 6.07) is 8.41. The second-order valence-corrected chi connectivity index (χ2v) is 12.0. The average molecular weight is 660 g/mol. The molecule has 46 heavy (non-hydrogen) atoms. The first kappa shape index (κ1) is 31.4. The second kappa shape index (κ2) is 11.1. The predicted octanol–water partition coefficient (Wildman–Crippen LogP) is 4.42. The lowest BCUT2D eigenvalue weighted by atomic mass is 9.81. The normalized spacial score (nSPS) is 18.9. The fraction of sp³-hybridized carbons (Fsp3) is 0.355. The van der Waals surface area contributed by atoms with Gasteiger partial charge in [-0.15, -0.1) is 0 Å². The number of nitrogens with one attached hydrogen (secondary N) is 1. The number of rotatable bonds is 9. The topological polar surface area (TPSA) is 151 Å². The molecule has 242 valence electrons. The Morgan fingerprint density at radius 2 is 1.89 bits per heavy atom. The average Bonchev–Trinajstić information content (AvgIpc) is 3.69. The maximum absolute atomic E-state index is 14.8. The van der Waals surface area contributed by atoms with Crippen LogP contribution in [0, 0.1) is 0 Å². The van der Waals surface area contributed by atoms with E-state index in [1.165, 1.54) is 51.5 Å². The van der Waals surface area contributed by atoms with Crippen molar-refractivity contribution >= 4 is 34.3 Å². The summed E-state index contributed by atoms with van der Waals surface area (Å²) in [7, 11) is 2.79. The smallest absolute Gasteiger partial charge is 0.424 e. The van der Waals surface area contributed by atoms with Gasteiger partial charge in [0.15, 0.2) is 0 Å². The molecule has 2 amide bonds. The summed E-state index contributed by atoms with van der Waals surface area (Å²) in [6.45, 7) is -0.179. The van der Waals surface area contributed by atoms with E-state index >= 15 is 0 Å². The SMILES string of the molecule is COc1ccc(-c2nc([C@@](O)(CNC(=O)c3cc(OC)c4nn(C5CC5)cc4c3)C(F)(F)F)cc3c2OC[C@]3(C)C(N)=O)cc1Cl. The number of nitrogens with two attached hydrogens (primary N) is 1. The number of amides is 2. The number of carbonyl (C=O) groups excluding carboxylic acids is 2. The summed E-state index contributed by atoms with van der Waals surface area (Å²) < 4.78 is 62.6. The molecule has 2 aliphatic rings. The first-order valence-electron chi connectivity index (χ1n) is 14.2. The number of primary amides is 1. The zero-order valence-corrected chi connectivity index (χ0v) is 25.6. The number of pyridine rings is 1. The molecule has 1 aliphatic carbocycles. The first-order chi connectivity index (χ1) is 21.7. The number of hydrogen-bond donors (Lipinski definition) is 3. The van der Waals surface area contributed by atoms with Crippen molar-refractivity contribution in [1.82, 2.24) is 20.1 Å². The molecular weight excluding hydrogens is 631 g/mol. The summed E-state index contributed by atoms with van der Waals surface area (Å²) in [5, 5.41) is 18.8. The number of halogens is 4. The van der Waals surface area contributed by atoms with Gasteiger partial charge in [-0.25, -0.2) is 4.98 Å². The highest BCUT2D eigenvalue weighted by Crippen LogP contribution is 2.48. The predicted molar refractivity (Wildman–Crippen MR) is 160 cm³/mol. The number of carbonyl (C=O) groups is 2. The van der Waals surface area contributed by atoms with E-state index in [4.69, 9.17) is 31.5 Å². The monoisotopic (exact) mass is 659 g/mol. The van der Waals surface area contributed by atoms with Crippen LogP contribution in [0.2, 0.25) is 5.02 Å². The molecule has 1 aliphatic heterocycles. The Labute approximate surface area is 265 Å². The van der Waals surface area contributed by atoms with Crippen LogP contribution in [-0.4, -0.2) is 65.2 Å². The van der Waals surface area contributed by atoms with E-state index in [9.17, 15) is 27.9 Å². The summed E-state index contributed by atoms with van der Waals surface area (Å²) in [4.78, 5) is 30.0. The number of ether oxygens (including phenoxy) is 3. The van der Waals surface area contributed by atoms with Crippen LogP contribution in [0.1, 0.15) is 47.4 Å². The largest absolute Gasteiger partial charge is 0.495 e. The molecule has 3 heterocycles. The molecule has 4 N–H and O–H groups in total. The van der Waals surface area contributed by atoms with Crippen molar-refractivity contribution in [3.05, 3.63) is 64.4 Å². The number of methoxy groups -OCH3 is 2. The lowest BCUT2D eigenvalue weighted by molar-refractivity contribution is -0.265. The van der Waals surface area contributed by atoms with Crippen LogP contribution < -0.4 is 25.3 Å². The molecule has 1 saturated carbocycles. The van der Waals surface area contributed by atoms with Gasteiger partial charge in [-0.2, -0.15) is 18.3 Å². The molecule has 11 nitrogen and oxygen atoms in total. The molecule has 2 aromatic carbocycles. The van der Waals surface area contributed by atoms with E-state index in [2.05, 4.69) is 15.4 Å². The molecular formula is C31H29ClF3N5O6. The third-order valence-corrected chi connectivity index (χ3v) is 8.73. The molecule has 6 rings (SSSR count). The van der Waals surface area contributed by atoms with Gasteiger partial charge in [0.25, 0.3) is 5.91 Å². The Morgan fingerprint density at radius 3 is 2.50 bits per heavy atom. The lowest BCUT2D eigenvalue weighted by Gasteiger charge is -2.31. The lowest BCUT2D eigenvalue weighted by Crippen LogP contribution is -2.51. The molecule has 0 bridgehead atoms. The van der Waals surface area contributed by atoms with Crippen LogP contribution in [0.15, 0.2) is 42.6 Å². The number of aromatic nitrogens is 3. The van der Waals surface area contributed by atoms with Gasteiger partial charge in [-0.3, -0.25) is 14.3 Å². The summed E-state index contributed by atoms with van der Waals surface area (Å²) >= 11 is 6.30. The van der Waals surface area contributed by atoms with Gasteiger partial charge >= 0.3 is 6.18 Å². The van der Waals surface area contributed by atoms with Crippen LogP contribution in [-0.2, 0) is 15.8 Å². The van der Waals surface area contributed by atoms with Crippen LogP contribution in [0.4, 0.5) is 13.2 Å². The van der Waals surface area contributed by atoms with Gasteiger partial charge in [0.05, 0.1) is 37.5 Å². The maximum atomic E-state index is 14.8. The third-order valence-electron chi connectivity index (χ3n) is 8.43. The van der Waals surface area contributed by atoms with Crippen LogP contribution in [0.5, 0.6) is 17.2 Å². The molecule has 0 saturated heterocycles. The standard InChI is InChI=1S/C31H29ClF3N5O6/c1-29(28(36)42)14-46-26-19(29)11-23(38-25(26)15-4-7-21(44-2)20(32)9-15)30(43,31(33,34)35)13-37-27(41)16-8-17-12-40(18-5-6-18)39-24(17)22(10-16)45-3/h4,7-12,18,43H,5-6,13-14H2,1-3H3,(H2,36,42)(H,37,41)/t29-,30-/m0/s1. The Bertz CT molecular complexity index is 1890. The van der Waals surface area contributed by atoms with Gasteiger partial charge in [0, 0.05) is 28.3 Å². The van der Waals surface area contributed by atoms with E-state index in [0.717, 1.165) is 18.9 Å². The van der Waals surface area contributed by atoms with E-state index in [1.54, 1.807) is 10.9 Å². The molecule has 0 unspecified atom stereocenters. The highest BCUT2D eigenvalue weighted by molar-refractivity contribution is 6.32. The van der Waals surface area contributed by atoms with Crippen LogP contribution in [0.25, 0.3) is 22.2 Å². The highest BCUT2D eigenvalue weighted by Gasteiger charge is 2.57. The fourth-order valence-corrected chi connectivity index (χ4v) is 5.65. The molecule has 2 aromatic heterocycles. The minimum Gasteiger partial charge on any atom is -0.495 e. The van der Waals surface area contributed by atoms with Crippen molar-refractivity contribution in [2.24, 2.45) is 5.73 Å². The first-order valence-corrected chi connectivity index (χ1v) is 14.5. The van der Waals surface area contributed by atoms with Gasteiger partial charge in [0.1, 0.15) is 40.5 Å². The number of alkyl halides is 3. The minimum atomic E-state index is -5.34. The Kier molecular flexibility index (Phi) is 7.55. The summed E-state index contributed by atoms with van der Waals surface area (Å²) in [5.74, 6) is -1.20. The molecule has 0 spiro atoms. The van der Waals surface area contributed by atoms with Crippen molar-refractivity contribution in [2.75, 3.05) is 27.4 Å². The summed E-state index contributed by atoms with van der Waals surface area (Å²) in [5.41, 5.74) is 0.0842. The van der Waals surface area contributed by atoms with Gasteiger partial charge in [0.2, 0.25) is 11.5 Å². The summed E-state index contributed by atoms with van der Waals surface area (Å²) in [6.07, 6.45) is -1.66. The Morgan fingerprint density at radius 1 is 1.17 bits per heavy atom. The van der Waals surface area contributed by atoms with Crippen molar-refractivity contribution in [1.29, 1.82) is 0 Å². The van der Waals surface area contributed by atoms with Crippen LogP contribution >= 0.6 is 11.6 Å². The fourth-order valence-electron chi connectivity index (χ4n) is 5.39. The van der Waals surface area contributed by atoms with E-state index < -0.39 is 41.2 Å². The van der Waals surface area contributed by atoms with Crippen molar-refractivity contribution in [3.8, 4) is 28.5 Å². The van der Waals surface area contributed by atoms with E-state index in [-0.39, 0.29) is 51.6 Å². The number of aliphatic hydroxyl groups is 1. The van der Waals surface area contributed by atoms with Crippen LogP contribution in [0.3, 0.4) is 0 Å². The number of hydrogen-bond acceptors (Lipinski definition) is 8. The number of nitrogens with zero attached hydrogens (tertiary/aromatic N) is 3. The second-order valence-electron chi connectivity index (χ2n) is 11.6. The molecule has 4 aromatic rings. The van der Waals surface area contributed by atoms with Gasteiger partial charge in [-0.05, 0) is 56.2 Å². The van der Waals surface area contributed by atoms with Crippen molar-refractivity contribution in [3.63, 3.8) is 0 Å².